The summed E-state index contributed by atoms with van der Waals surface area (Å²) < 4.78 is 0. The second kappa shape index (κ2) is 5.22. The molecule has 0 radical (unpaired) electrons. The van der Waals surface area contributed by atoms with Crippen LogP contribution >= 0.6 is 0 Å². The first kappa shape index (κ1) is 9.42. The molecule has 0 aromatic carbocycles. The molecule has 0 saturated heterocycles. The maximum absolute atomic E-state index is 10.2. The Morgan fingerprint density at radius 2 is 1.36 bits per heavy atom. The molecule has 0 atom stereocenters. The fourth-order valence-electron chi connectivity index (χ4n) is 0.177. The molecule has 0 bridgehead atoms. The summed E-state index contributed by atoms with van der Waals surface area (Å²) >= 11 is 0. The Morgan fingerprint density at radius 3 is 1.64 bits per heavy atom. The van der Waals surface area contributed by atoms with Gasteiger partial charge in [-0.1, -0.05) is 0 Å². The van der Waals surface area contributed by atoms with Crippen molar-refractivity contribution < 1.29 is 14.5 Å². The van der Waals surface area contributed by atoms with Crippen LogP contribution in [0.25, 0.3) is 0 Å². The highest BCUT2D eigenvalue weighted by Crippen LogP contribution is 1.60. The molecule has 0 heterocycles. The largest absolute Gasteiger partial charge is 0.354 e. The molecular weight excluding hydrogens is 156 g/mol. The van der Waals surface area contributed by atoms with Crippen molar-refractivity contribution in [3.8, 4) is 0 Å². The molecule has 0 rings (SSSR count). The van der Waals surface area contributed by atoms with Crippen molar-refractivity contribution >= 4 is 12.1 Å². The molecule has 64 valence electrons. The average molecular weight is 164 g/mol. The van der Waals surface area contributed by atoms with Crippen molar-refractivity contribution in [3.05, 3.63) is 0 Å². The summed E-state index contributed by atoms with van der Waals surface area (Å²) in [6.45, 7) is 0. The van der Waals surface area contributed by atoms with Gasteiger partial charge in [0.15, 0.2) is 0 Å². The second-order valence-corrected chi connectivity index (χ2v) is 1.25. The van der Waals surface area contributed by atoms with Gasteiger partial charge in [-0.05, 0) is 0 Å². The maximum atomic E-state index is 10.2. The van der Waals surface area contributed by atoms with Crippen LogP contribution in [0, 0.1) is 0 Å². The Bertz CT molecular complexity index is 131. The van der Waals surface area contributed by atoms with Crippen LogP contribution in [0.4, 0.5) is 9.59 Å². The number of urea groups is 2. The first-order valence-corrected chi connectivity index (χ1v) is 2.39. The molecule has 9 heteroatoms. The van der Waals surface area contributed by atoms with Crippen molar-refractivity contribution in [3.63, 3.8) is 0 Å². The van der Waals surface area contributed by atoms with Gasteiger partial charge in [-0.25, -0.2) is 21.3 Å². The highest BCUT2D eigenvalue weighted by Gasteiger charge is 1.97. The lowest BCUT2D eigenvalue weighted by molar-refractivity contribution is 0.00429. The van der Waals surface area contributed by atoms with Crippen molar-refractivity contribution in [1.82, 2.24) is 21.8 Å². The van der Waals surface area contributed by atoms with Crippen molar-refractivity contribution in [1.29, 1.82) is 0 Å². The van der Waals surface area contributed by atoms with Crippen LogP contribution in [-0.4, -0.2) is 12.1 Å². The van der Waals surface area contributed by atoms with E-state index in [0.29, 0.717) is 0 Å². The van der Waals surface area contributed by atoms with Crippen molar-refractivity contribution in [2.45, 2.75) is 0 Å². The Balaban J connectivity index is 3.27. The summed E-state index contributed by atoms with van der Waals surface area (Å²) in [7, 11) is 0. The number of hydrogen-bond acceptors (Lipinski definition) is 5. The minimum absolute atomic E-state index is 0.817. The van der Waals surface area contributed by atoms with E-state index in [0.717, 1.165) is 0 Å². The zero-order valence-corrected chi connectivity index (χ0v) is 5.38. The molecule has 0 fully saturated rings. The molecule has 0 aromatic heterocycles. The smallest absolute Gasteiger partial charge is 0.274 e. The van der Waals surface area contributed by atoms with Crippen molar-refractivity contribution in [2.75, 3.05) is 0 Å². The van der Waals surface area contributed by atoms with Crippen LogP contribution in [0.3, 0.4) is 0 Å². The molecular formula is C2H8N6O3. The van der Waals surface area contributed by atoms with Gasteiger partial charge < -0.3 is 0 Å². The Morgan fingerprint density at radius 1 is 1.00 bits per heavy atom. The summed E-state index contributed by atoms with van der Waals surface area (Å²) in [6, 6.07) is -1.63. The van der Waals surface area contributed by atoms with E-state index in [9.17, 15) is 9.59 Å². The summed E-state index contributed by atoms with van der Waals surface area (Å²) in [5.41, 5.74) is 6.75. The number of carbonyl (C=O) groups excluding carboxylic acids is 2. The topological polar surface area (TPSA) is 144 Å². The van der Waals surface area contributed by atoms with Gasteiger partial charge in [-0.3, -0.25) is 10.9 Å². The Hall–Kier alpha value is -1.58. The van der Waals surface area contributed by atoms with Crippen LogP contribution in [0.2, 0.25) is 0 Å². The highest BCUT2D eigenvalue weighted by atomic mass is 16.8. The summed E-state index contributed by atoms with van der Waals surface area (Å²) in [5.74, 6) is 9.25. The van der Waals surface area contributed by atoms with Gasteiger partial charge in [0.25, 0.3) is 0 Å². The van der Waals surface area contributed by atoms with Gasteiger partial charge in [-0.2, -0.15) is 15.9 Å². The molecule has 4 amide bonds. The predicted octanol–water partition coefficient (Wildman–Crippen LogP) is -2.82. The lowest BCUT2D eigenvalue weighted by Crippen LogP contribution is -2.47. The third kappa shape index (κ3) is 4.90. The van der Waals surface area contributed by atoms with E-state index in [1.54, 1.807) is 21.8 Å². The number of nitrogens with two attached hydrogens (primary N) is 2. The van der Waals surface area contributed by atoms with Crippen LogP contribution in [0.5, 0.6) is 0 Å². The molecule has 0 unspecified atom stereocenters. The van der Waals surface area contributed by atoms with Crippen LogP contribution in [0.1, 0.15) is 0 Å². The van der Waals surface area contributed by atoms with Crippen LogP contribution in [0.15, 0.2) is 0 Å². The number of hydroxylamine groups is 2. The van der Waals surface area contributed by atoms with E-state index >= 15 is 0 Å². The third-order valence-electron chi connectivity index (χ3n) is 0.550. The minimum Gasteiger partial charge on any atom is -0.274 e. The Kier molecular flexibility index (Phi) is 4.47. The van der Waals surface area contributed by atoms with E-state index < -0.39 is 12.1 Å². The van der Waals surface area contributed by atoms with E-state index in [1.165, 1.54) is 0 Å². The van der Waals surface area contributed by atoms with Crippen LogP contribution in [-0.2, 0) is 4.94 Å². The number of carbonyl (C=O) groups is 2. The SMILES string of the molecule is NNC(=O)NONC(=O)NN. The summed E-state index contributed by atoms with van der Waals surface area (Å²) in [5, 5.41) is 0. The fraction of sp³-hybridized carbons (Fsp3) is 0. The third-order valence-corrected chi connectivity index (χ3v) is 0.550. The first-order valence-electron chi connectivity index (χ1n) is 2.39. The summed E-state index contributed by atoms with van der Waals surface area (Å²) in [6.07, 6.45) is 0. The summed E-state index contributed by atoms with van der Waals surface area (Å²) in [4.78, 5) is 24.5. The highest BCUT2D eigenvalue weighted by molar-refractivity contribution is 5.73. The molecule has 11 heavy (non-hydrogen) atoms. The second-order valence-electron chi connectivity index (χ2n) is 1.25. The normalized spacial score (nSPS) is 8.18. The maximum Gasteiger partial charge on any atom is 0.354 e. The van der Waals surface area contributed by atoms with Gasteiger partial charge in [0, 0.05) is 0 Å². The molecule has 0 aliphatic carbocycles. The lowest BCUT2D eigenvalue weighted by Gasteiger charge is -2.03. The van der Waals surface area contributed by atoms with Gasteiger partial charge in [-0.15, -0.1) is 0 Å². The van der Waals surface area contributed by atoms with E-state index in [4.69, 9.17) is 0 Å². The Labute approximate surface area is 61.3 Å². The number of rotatable bonds is 2. The number of nitrogens with one attached hydrogen (secondary N) is 4. The van der Waals surface area contributed by atoms with E-state index in [1.807, 2.05) is 0 Å². The first-order chi connectivity index (χ1) is 5.20. The molecule has 0 aromatic rings. The number of hydrogen-bond donors (Lipinski definition) is 6. The molecule has 0 saturated carbocycles. The molecule has 0 aliphatic rings. The van der Waals surface area contributed by atoms with Crippen LogP contribution < -0.4 is 33.5 Å². The molecule has 9 nitrogen and oxygen atoms in total. The van der Waals surface area contributed by atoms with Gasteiger partial charge in [0.1, 0.15) is 0 Å². The van der Waals surface area contributed by atoms with E-state index in [-0.39, 0.29) is 0 Å². The number of hydrazine groups is 2. The van der Waals surface area contributed by atoms with E-state index in [2.05, 4.69) is 16.6 Å². The molecule has 8 N–H and O–H groups in total. The molecule has 0 aliphatic heterocycles. The zero-order chi connectivity index (χ0) is 8.69. The minimum atomic E-state index is -0.817. The lowest BCUT2D eigenvalue weighted by atomic mass is 11.1. The quantitative estimate of drug-likeness (QED) is 0.148. The van der Waals surface area contributed by atoms with Gasteiger partial charge >= 0.3 is 12.1 Å². The zero-order valence-electron chi connectivity index (χ0n) is 5.38. The predicted molar refractivity (Wildman–Crippen MR) is 32.8 cm³/mol. The van der Waals surface area contributed by atoms with Crippen molar-refractivity contribution in [2.24, 2.45) is 11.7 Å². The molecule has 0 spiro atoms. The monoisotopic (exact) mass is 164 g/mol. The fourth-order valence-corrected chi connectivity index (χ4v) is 0.177. The van der Waals surface area contributed by atoms with Gasteiger partial charge in [0.05, 0.1) is 0 Å². The standard InChI is InChI=1S/C2H8N6O3/c3-5-1(9)7-11-8-2(10)6-4/h3-4H2,(H2,5,7,9)(H2,6,8,10). The number of amides is 4. The average Bonchev–Trinajstić information content (AvgIpc) is 2.04. The van der Waals surface area contributed by atoms with Gasteiger partial charge in [0.2, 0.25) is 0 Å².